The third-order valence-corrected chi connectivity index (χ3v) is 20.0. The molecule has 0 amide bonds. The average Bonchev–Trinajstić information content (AvgIpc) is 2.51. The van der Waals surface area contributed by atoms with Gasteiger partial charge in [0.15, 0.2) is 0 Å². The van der Waals surface area contributed by atoms with Gasteiger partial charge in [-0.1, -0.05) is 0 Å². The van der Waals surface area contributed by atoms with Crippen LogP contribution in [0.4, 0.5) is 0 Å². The van der Waals surface area contributed by atoms with Crippen molar-refractivity contribution in [1.29, 1.82) is 0 Å². The molecule has 0 saturated heterocycles. The molecular weight excluding hydrogens is 442 g/mol. The zero-order chi connectivity index (χ0) is 15.8. The molecule has 0 bridgehead atoms. The van der Waals surface area contributed by atoms with E-state index in [9.17, 15) is 0 Å². The summed E-state index contributed by atoms with van der Waals surface area (Å²) in [6.07, 6.45) is 2.37. The van der Waals surface area contributed by atoms with Gasteiger partial charge in [-0.05, 0) is 0 Å². The van der Waals surface area contributed by atoms with Crippen LogP contribution >= 0.6 is 0 Å². The Balaban J connectivity index is 1.94. The van der Waals surface area contributed by atoms with Crippen LogP contribution < -0.4 is 4.46 Å². The molecule has 0 aliphatic carbocycles. The Hall–Kier alpha value is -0.542. The molecule has 3 heteroatoms. The van der Waals surface area contributed by atoms with Gasteiger partial charge in [0, 0.05) is 0 Å². The van der Waals surface area contributed by atoms with Crippen molar-refractivity contribution in [1.82, 2.24) is 0 Å². The summed E-state index contributed by atoms with van der Waals surface area (Å²) in [6, 6.07) is 21.2. The Labute approximate surface area is 144 Å². The second-order valence-corrected chi connectivity index (χ2v) is 25.3. The van der Waals surface area contributed by atoms with E-state index in [4.69, 9.17) is 4.74 Å². The summed E-state index contributed by atoms with van der Waals surface area (Å²) in [4.78, 5) is 7.47. The molecule has 0 radical (unpaired) electrons. The average molecular weight is 466 g/mol. The van der Waals surface area contributed by atoms with Crippen LogP contribution in [-0.2, 0) is 11.3 Å². The maximum absolute atomic E-state index is 5.85. The van der Waals surface area contributed by atoms with E-state index in [2.05, 4.69) is 75.5 Å². The Morgan fingerprint density at radius 2 is 1.55 bits per heavy atom. The summed E-state index contributed by atoms with van der Waals surface area (Å²) in [7, 11) is 0. The molecule has 116 valence electrons. The summed E-state index contributed by atoms with van der Waals surface area (Å²) >= 11 is -1.60. The minimum absolute atomic E-state index is 0.450. The molecule has 22 heavy (non-hydrogen) atoms. The van der Waals surface area contributed by atoms with Crippen molar-refractivity contribution in [3.05, 3.63) is 74.8 Å². The molecule has 0 fully saturated rings. The van der Waals surface area contributed by atoms with Gasteiger partial charge >= 0.3 is 145 Å². The fourth-order valence-corrected chi connectivity index (χ4v) is 12.4. The SMILES string of the molecule is [CH3][Sn]([CH3])([CH3])/[C](=C\COCc1ccccc1)[Se]c1ccccc1. The van der Waals surface area contributed by atoms with Crippen molar-refractivity contribution in [2.24, 2.45) is 0 Å². The van der Waals surface area contributed by atoms with Crippen LogP contribution in [0.1, 0.15) is 5.56 Å². The van der Waals surface area contributed by atoms with E-state index < -0.39 is 18.4 Å². The Kier molecular flexibility index (Phi) is 7.22. The molecule has 2 rings (SSSR count). The summed E-state index contributed by atoms with van der Waals surface area (Å²) in [5, 5.41) is 0. The van der Waals surface area contributed by atoms with Gasteiger partial charge in [-0.25, -0.2) is 0 Å². The quantitative estimate of drug-likeness (QED) is 0.443. The van der Waals surface area contributed by atoms with E-state index >= 15 is 0 Å². The zero-order valence-electron chi connectivity index (χ0n) is 13.6. The number of rotatable bonds is 7. The predicted molar refractivity (Wildman–Crippen MR) is 99.4 cm³/mol. The van der Waals surface area contributed by atoms with Crippen LogP contribution in [0.3, 0.4) is 0 Å². The van der Waals surface area contributed by atoms with Crippen molar-refractivity contribution in [3.8, 4) is 0 Å². The van der Waals surface area contributed by atoms with E-state index in [1.54, 1.807) is 2.49 Å². The van der Waals surface area contributed by atoms with E-state index in [-0.39, 0.29) is 0 Å². The predicted octanol–water partition coefficient (Wildman–Crippen LogP) is 3.99. The first-order chi connectivity index (χ1) is 10.6. The summed E-state index contributed by atoms with van der Waals surface area (Å²) in [5.74, 6) is 0. The van der Waals surface area contributed by atoms with Crippen molar-refractivity contribution < 1.29 is 4.74 Å². The zero-order valence-corrected chi connectivity index (χ0v) is 18.1. The van der Waals surface area contributed by atoms with E-state index in [0.29, 0.717) is 21.6 Å². The Bertz CT molecular complexity index is 588. The van der Waals surface area contributed by atoms with Crippen molar-refractivity contribution in [2.45, 2.75) is 21.4 Å². The van der Waals surface area contributed by atoms with Gasteiger partial charge in [0.05, 0.1) is 0 Å². The van der Waals surface area contributed by atoms with Gasteiger partial charge in [-0.2, -0.15) is 0 Å². The third kappa shape index (κ3) is 6.29. The van der Waals surface area contributed by atoms with Gasteiger partial charge in [0.25, 0.3) is 0 Å². The van der Waals surface area contributed by atoms with Gasteiger partial charge < -0.3 is 0 Å². The standard InChI is InChI=1S/C16H15OSe.3CH3.Sn/c1-3-8-15(9-4-1)14-17-12-7-13-18-16-10-5-2-6-11-16;;;;/h1-11H,12,14H2;3*1H3;. The van der Waals surface area contributed by atoms with Gasteiger partial charge in [0.1, 0.15) is 0 Å². The normalized spacial score (nSPS) is 12.4. The first-order valence-electron chi connectivity index (χ1n) is 7.61. The Morgan fingerprint density at radius 1 is 0.955 bits per heavy atom. The van der Waals surface area contributed by atoms with Crippen LogP contribution in [0.2, 0.25) is 14.8 Å². The van der Waals surface area contributed by atoms with Gasteiger partial charge in [-0.15, -0.1) is 0 Å². The number of hydrogen-bond donors (Lipinski definition) is 0. The van der Waals surface area contributed by atoms with Crippen molar-refractivity contribution in [2.75, 3.05) is 6.61 Å². The molecular formula is C19H24OSeSn. The second-order valence-electron chi connectivity index (χ2n) is 6.23. The molecule has 0 aliphatic heterocycles. The second kappa shape index (κ2) is 8.93. The number of benzene rings is 2. The van der Waals surface area contributed by atoms with Crippen LogP contribution in [-0.4, -0.2) is 39.9 Å². The number of hydrogen-bond acceptors (Lipinski definition) is 1. The molecule has 0 aliphatic rings. The summed E-state index contributed by atoms with van der Waals surface area (Å²) < 4.78 is 9.01. The summed E-state index contributed by atoms with van der Waals surface area (Å²) in [6.45, 7) is 1.43. The molecule has 0 atom stereocenters. The fourth-order valence-electron chi connectivity index (χ4n) is 2.00. The molecule has 0 heterocycles. The van der Waals surface area contributed by atoms with Crippen LogP contribution in [0.25, 0.3) is 0 Å². The molecule has 0 spiro atoms. The topological polar surface area (TPSA) is 9.23 Å². The van der Waals surface area contributed by atoms with Crippen LogP contribution in [0.5, 0.6) is 0 Å². The molecule has 2 aromatic rings. The summed E-state index contributed by atoms with van der Waals surface area (Å²) in [5.41, 5.74) is 1.24. The van der Waals surface area contributed by atoms with Crippen LogP contribution in [0.15, 0.2) is 69.2 Å². The van der Waals surface area contributed by atoms with Crippen LogP contribution in [0, 0.1) is 0 Å². The van der Waals surface area contributed by atoms with E-state index in [0.717, 1.165) is 6.61 Å². The minimum atomic E-state index is -2.05. The monoisotopic (exact) mass is 468 g/mol. The van der Waals surface area contributed by atoms with E-state index in [1.807, 2.05) is 6.07 Å². The molecule has 2 aromatic carbocycles. The third-order valence-electron chi connectivity index (χ3n) is 3.21. The fraction of sp³-hybridized carbons (Fsp3) is 0.263. The van der Waals surface area contributed by atoms with E-state index in [1.165, 1.54) is 10.0 Å². The Morgan fingerprint density at radius 3 is 2.14 bits per heavy atom. The van der Waals surface area contributed by atoms with Gasteiger partial charge in [0.2, 0.25) is 0 Å². The number of ether oxygens (including phenoxy) is 1. The molecule has 0 N–H and O–H groups in total. The molecule has 1 nitrogen and oxygen atoms in total. The van der Waals surface area contributed by atoms with Crippen molar-refractivity contribution in [3.63, 3.8) is 0 Å². The van der Waals surface area contributed by atoms with Crippen molar-refractivity contribution >= 4 is 37.8 Å². The molecule has 0 unspecified atom stereocenters. The first kappa shape index (κ1) is 17.8. The maximum atomic E-state index is 5.85. The first-order valence-corrected chi connectivity index (χ1v) is 19.3. The molecule has 0 saturated carbocycles. The molecule has 0 aromatic heterocycles. The van der Waals surface area contributed by atoms with Gasteiger partial charge in [-0.3, -0.25) is 0 Å².